The van der Waals surface area contributed by atoms with E-state index in [1.807, 2.05) is 0 Å². The van der Waals surface area contributed by atoms with Crippen LogP contribution in [0, 0.1) is 6.92 Å². The van der Waals surface area contributed by atoms with Gasteiger partial charge >= 0.3 is 5.97 Å². The second-order valence-corrected chi connectivity index (χ2v) is 6.49. The van der Waals surface area contributed by atoms with Gasteiger partial charge in [-0.25, -0.2) is 4.79 Å². The van der Waals surface area contributed by atoms with Gasteiger partial charge in [-0.3, -0.25) is 4.79 Å². The van der Waals surface area contributed by atoms with Crippen molar-refractivity contribution in [3.05, 3.63) is 58.0 Å². The highest BCUT2D eigenvalue weighted by Gasteiger charge is 2.22. The fourth-order valence-corrected chi connectivity index (χ4v) is 2.71. The maximum Gasteiger partial charge on any atom is 0.375 e. The number of benzene rings is 1. The molecule has 1 amide bonds. The number of nitrogens with one attached hydrogen (secondary N) is 1. The molecule has 3 aromatic rings. The largest absolute Gasteiger partial charge is 0.449 e. The number of furan rings is 1. The molecule has 140 valence electrons. The van der Waals surface area contributed by atoms with Crippen LogP contribution >= 0.6 is 23.2 Å². The van der Waals surface area contributed by atoms with E-state index >= 15 is 0 Å². The van der Waals surface area contributed by atoms with E-state index in [2.05, 4.69) is 10.5 Å². The summed E-state index contributed by atoms with van der Waals surface area (Å²) in [5.41, 5.74) is 0.576. The highest BCUT2D eigenvalue weighted by molar-refractivity contribution is 6.36. The summed E-state index contributed by atoms with van der Waals surface area (Å²) in [5.74, 6) is -0.252. The normalized spacial score (nSPS) is 11.9. The molecule has 3 rings (SSSR count). The fourth-order valence-electron chi connectivity index (χ4n) is 2.21. The number of amides is 1. The zero-order chi connectivity index (χ0) is 19.6. The number of carbonyl (C=O) groups excluding carboxylic acids is 2. The molecule has 9 heteroatoms. The van der Waals surface area contributed by atoms with Crippen molar-refractivity contribution in [2.24, 2.45) is 0 Å². The van der Waals surface area contributed by atoms with Crippen LogP contribution < -0.4 is 5.32 Å². The Labute approximate surface area is 164 Å². The van der Waals surface area contributed by atoms with Gasteiger partial charge in [-0.15, -0.1) is 0 Å². The lowest BCUT2D eigenvalue weighted by Gasteiger charge is -2.11. The van der Waals surface area contributed by atoms with Crippen molar-refractivity contribution >= 4 is 40.9 Å². The number of carbonyl (C=O) groups is 2. The van der Waals surface area contributed by atoms with E-state index in [4.69, 9.17) is 36.9 Å². The van der Waals surface area contributed by atoms with Crippen molar-refractivity contribution < 1.29 is 23.3 Å². The van der Waals surface area contributed by atoms with E-state index in [0.717, 1.165) is 0 Å². The van der Waals surface area contributed by atoms with Crippen molar-refractivity contribution in [2.75, 3.05) is 5.32 Å². The van der Waals surface area contributed by atoms with Crippen LogP contribution in [0.1, 0.15) is 23.2 Å². The predicted molar refractivity (Wildman–Crippen MR) is 98.9 cm³/mol. The molecule has 0 unspecified atom stereocenters. The monoisotopic (exact) mass is 408 g/mol. The summed E-state index contributed by atoms with van der Waals surface area (Å²) in [7, 11) is 0. The van der Waals surface area contributed by atoms with E-state index in [1.165, 1.54) is 13.0 Å². The van der Waals surface area contributed by atoms with E-state index in [-0.39, 0.29) is 11.6 Å². The predicted octanol–water partition coefficient (Wildman–Crippen LogP) is 4.73. The highest BCUT2D eigenvalue weighted by Crippen LogP contribution is 2.31. The lowest BCUT2D eigenvalue weighted by molar-refractivity contribution is -0.123. The minimum absolute atomic E-state index is 0.0621. The van der Waals surface area contributed by atoms with Gasteiger partial charge in [-0.1, -0.05) is 28.4 Å². The Morgan fingerprint density at radius 3 is 2.63 bits per heavy atom. The average Bonchev–Trinajstić information content (AvgIpc) is 3.24. The Balaban J connectivity index is 1.66. The molecular formula is C18H14Cl2N2O5. The molecule has 7 nitrogen and oxygen atoms in total. The standard InChI is InChI=1S/C18H14Cl2N2O5/c1-9-7-16(22-27-9)21-17(23)10(2)25-18(24)15-6-5-14(26-15)12-4-3-11(19)8-13(12)20/h3-8,10H,1-2H3,(H,21,22,23)/t10-/m1/s1. The number of halogens is 2. The molecule has 0 radical (unpaired) electrons. The second kappa shape index (κ2) is 7.85. The third-order valence-corrected chi connectivity index (χ3v) is 4.08. The van der Waals surface area contributed by atoms with Crippen molar-refractivity contribution in [3.8, 4) is 11.3 Å². The third kappa shape index (κ3) is 4.50. The number of anilines is 1. The van der Waals surface area contributed by atoms with Crippen LogP contribution in [0.5, 0.6) is 0 Å². The molecule has 2 aromatic heterocycles. The molecule has 0 saturated carbocycles. The van der Waals surface area contributed by atoms with E-state index < -0.39 is 18.0 Å². The summed E-state index contributed by atoms with van der Waals surface area (Å²) in [6.07, 6.45) is -1.07. The second-order valence-electron chi connectivity index (χ2n) is 5.65. The molecule has 1 atom stereocenters. The summed E-state index contributed by atoms with van der Waals surface area (Å²) < 4.78 is 15.5. The maximum atomic E-state index is 12.2. The molecule has 2 heterocycles. The summed E-state index contributed by atoms with van der Waals surface area (Å²) in [6.45, 7) is 3.12. The number of ether oxygens (including phenoxy) is 1. The lowest BCUT2D eigenvalue weighted by atomic mass is 10.2. The zero-order valence-corrected chi connectivity index (χ0v) is 15.8. The maximum absolute atomic E-state index is 12.2. The molecular weight excluding hydrogens is 395 g/mol. The fraction of sp³-hybridized carbons (Fsp3) is 0.167. The van der Waals surface area contributed by atoms with Crippen molar-refractivity contribution in [2.45, 2.75) is 20.0 Å². The number of esters is 1. The van der Waals surface area contributed by atoms with Gasteiger partial charge < -0.3 is 19.0 Å². The first-order valence-electron chi connectivity index (χ1n) is 7.84. The molecule has 0 bridgehead atoms. The zero-order valence-electron chi connectivity index (χ0n) is 14.3. The molecule has 1 N–H and O–H groups in total. The van der Waals surface area contributed by atoms with Crippen LogP contribution in [0.3, 0.4) is 0 Å². The number of hydrogen-bond donors (Lipinski definition) is 1. The quantitative estimate of drug-likeness (QED) is 0.612. The number of hydrogen-bond acceptors (Lipinski definition) is 6. The van der Waals surface area contributed by atoms with E-state index in [9.17, 15) is 9.59 Å². The van der Waals surface area contributed by atoms with Gasteiger partial charge in [-0.2, -0.15) is 0 Å². The van der Waals surface area contributed by atoms with Gasteiger partial charge in [0.1, 0.15) is 11.5 Å². The number of aryl methyl sites for hydroxylation is 1. The van der Waals surface area contributed by atoms with Crippen LogP contribution in [0.25, 0.3) is 11.3 Å². The van der Waals surface area contributed by atoms with Gasteiger partial charge in [0.15, 0.2) is 11.9 Å². The van der Waals surface area contributed by atoms with Crippen LogP contribution in [0.4, 0.5) is 5.82 Å². The Kier molecular flexibility index (Phi) is 5.53. The smallest absolute Gasteiger partial charge is 0.375 e. The van der Waals surface area contributed by atoms with E-state index in [1.54, 1.807) is 37.3 Å². The summed E-state index contributed by atoms with van der Waals surface area (Å²) >= 11 is 12.0. The van der Waals surface area contributed by atoms with Gasteiger partial charge in [0, 0.05) is 16.7 Å². The van der Waals surface area contributed by atoms with Crippen LogP contribution in [0.15, 0.2) is 45.3 Å². The van der Waals surface area contributed by atoms with Gasteiger partial charge in [0.2, 0.25) is 5.76 Å². The number of rotatable bonds is 5. The third-order valence-electron chi connectivity index (χ3n) is 3.54. The molecule has 0 aliphatic carbocycles. The first-order chi connectivity index (χ1) is 12.8. The van der Waals surface area contributed by atoms with E-state index in [0.29, 0.717) is 27.1 Å². The van der Waals surface area contributed by atoms with Crippen molar-refractivity contribution in [1.29, 1.82) is 0 Å². The number of aromatic nitrogens is 1. The van der Waals surface area contributed by atoms with Crippen LogP contribution in [-0.4, -0.2) is 23.1 Å². The Morgan fingerprint density at radius 2 is 1.96 bits per heavy atom. The van der Waals surface area contributed by atoms with Crippen molar-refractivity contribution in [3.63, 3.8) is 0 Å². The van der Waals surface area contributed by atoms with Gasteiger partial charge in [0.25, 0.3) is 5.91 Å². The average molecular weight is 409 g/mol. The summed E-state index contributed by atoms with van der Waals surface area (Å²) in [4.78, 5) is 24.3. The molecule has 0 aliphatic heterocycles. The Morgan fingerprint density at radius 1 is 1.19 bits per heavy atom. The van der Waals surface area contributed by atoms with Crippen LogP contribution in [-0.2, 0) is 9.53 Å². The summed E-state index contributed by atoms with van der Waals surface area (Å²) in [5, 5.41) is 6.99. The molecule has 0 spiro atoms. The Bertz CT molecular complexity index is 995. The molecule has 0 aliphatic rings. The molecule has 0 fully saturated rings. The molecule has 1 aromatic carbocycles. The van der Waals surface area contributed by atoms with Crippen LogP contribution in [0.2, 0.25) is 10.0 Å². The Hall–Kier alpha value is -2.77. The minimum Gasteiger partial charge on any atom is -0.449 e. The first-order valence-corrected chi connectivity index (χ1v) is 8.59. The minimum atomic E-state index is -1.07. The molecule has 27 heavy (non-hydrogen) atoms. The van der Waals surface area contributed by atoms with Gasteiger partial charge in [-0.05, 0) is 44.2 Å². The number of nitrogens with zero attached hydrogens (tertiary/aromatic N) is 1. The summed E-state index contributed by atoms with van der Waals surface area (Å²) in [6, 6.07) is 9.46. The lowest BCUT2D eigenvalue weighted by Crippen LogP contribution is -2.30. The first kappa shape index (κ1) is 19.0. The highest BCUT2D eigenvalue weighted by atomic mass is 35.5. The van der Waals surface area contributed by atoms with Gasteiger partial charge in [0.05, 0.1) is 5.02 Å². The topological polar surface area (TPSA) is 94.6 Å². The molecule has 0 saturated heterocycles. The SMILES string of the molecule is Cc1cc(NC(=O)[C@@H](C)OC(=O)c2ccc(-c3ccc(Cl)cc3Cl)o2)no1. The van der Waals surface area contributed by atoms with Crippen molar-refractivity contribution in [1.82, 2.24) is 5.16 Å².